The number of rotatable bonds is 3. The first kappa shape index (κ1) is 10.0. The number of hydrogen-bond donors (Lipinski definition) is 0. The molecule has 0 aliphatic heterocycles. The van der Waals surface area contributed by atoms with Gasteiger partial charge in [0.05, 0.1) is 0 Å². The van der Waals surface area contributed by atoms with E-state index in [9.17, 15) is 0 Å². The zero-order valence-corrected chi connectivity index (χ0v) is 8.80. The summed E-state index contributed by atoms with van der Waals surface area (Å²) in [7, 11) is 0. The first-order chi connectivity index (χ1) is 6.13. The predicted molar refractivity (Wildman–Crippen MR) is 59.1 cm³/mol. The molecule has 1 rings (SSSR count). The van der Waals surface area contributed by atoms with Gasteiger partial charge in [-0.1, -0.05) is 42.3 Å². The third kappa shape index (κ3) is 2.73. The molecular weight excluding hydrogens is 156 g/mol. The van der Waals surface area contributed by atoms with Gasteiger partial charge in [0, 0.05) is 0 Å². The van der Waals surface area contributed by atoms with Crippen molar-refractivity contribution in [1.82, 2.24) is 0 Å². The van der Waals surface area contributed by atoms with Crippen molar-refractivity contribution in [2.75, 3.05) is 0 Å². The van der Waals surface area contributed by atoms with Crippen LogP contribution in [0.25, 0.3) is 0 Å². The Morgan fingerprint density at radius 3 is 2.23 bits per heavy atom. The highest BCUT2D eigenvalue weighted by atomic mass is 14.1. The number of benzene rings is 1. The first-order valence-electron chi connectivity index (χ1n) is 4.82. The van der Waals surface area contributed by atoms with Gasteiger partial charge >= 0.3 is 0 Å². The van der Waals surface area contributed by atoms with Gasteiger partial charge in [0.2, 0.25) is 0 Å². The molecule has 0 N–H and O–H groups in total. The van der Waals surface area contributed by atoms with E-state index in [0.29, 0.717) is 5.92 Å². The van der Waals surface area contributed by atoms with E-state index in [1.54, 1.807) is 0 Å². The van der Waals surface area contributed by atoms with Gasteiger partial charge in [-0.05, 0) is 31.7 Å². The molecule has 13 heavy (non-hydrogen) atoms. The molecule has 0 fully saturated rings. The summed E-state index contributed by atoms with van der Waals surface area (Å²) in [5.74, 6) is 0.594. The molecule has 0 aliphatic rings. The molecule has 0 nitrogen and oxygen atoms in total. The fraction of sp³-hybridized carbons (Fsp3) is 0.385. The Morgan fingerprint density at radius 1 is 1.23 bits per heavy atom. The van der Waals surface area contributed by atoms with Crippen LogP contribution in [0.5, 0.6) is 0 Å². The lowest BCUT2D eigenvalue weighted by Crippen LogP contribution is -1.93. The van der Waals surface area contributed by atoms with Gasteiger partial charge in [-0.3, -0.25) is 0 Å². The summed E-state index contributed by atoms with van der Waals surface area (Å²) in [5, 5.41) is 0. The maximum Gasteiger partial charge on any atom is -0.0156 e. The van der Waals surface area contributed by atoms with E-state index in [4.69, 9.17) is 0 Å². The molecule has 0 spiro atoms. The van der Waals surface area contributed by atoms with Crippen LogP contribution in [-0.2, 0) is 0 Å². The third-order valence-electron chi connectivity index (χ3n) is 2.33. The van der Waals surface area contributed by atoms with Crippen molar-refractivity contribution in [3.05, 3.63) is 47.5 Å². The molecule has 0 heterocycles. The molecule has 1 aromatic rings. The normalized spacial score (nSPS) is 12.5. The van der Waals surface area contributed by atoms with Crippen LogP contribution < -0.4 is 0 Å². The van der Waals surface area contributed by atoms with E-state index < -0.39 is 0 Å². The lowest BCUT2D eigenvalue weighted by Gasteiger charge is -2.11. The second-order valence-electron chi connectivity index (χ2n) is 3.85. The molecule has 0 bridgehead atoms. The molecule has 0 aliphatic carbocycles. The smallest absolute Gasteiger partial charge is 0.0156 e. The Bertz CT molecular complexity index is 277. The lowest BCUT2D eigenvalue weighted by atomic mass is 9.95. The Hall–Kier alpha value is -1.04. The van der Waals surface area contributed by atoms with Crippen molar-refractivity contribution in [2.24, 2.45) is 0 Å². The zero-order chi connectivity index (χ0) is 9.84. The maximum absolute atomic E-state index is 3.77. The highest BCUT2D eigenvalue weighted by Crippen LogP contribution is 2.21. The van der Waals surface area contributed by atoms with Crippen LogP contribution >= 0.6 is 0 Å². The van der Waals surface area contributed by atoms with Crippen LogP contribution in [0.2, 0.25) is 0 Å². The van der Waals surface area contributed by atoms with Crippen LogP contribution in [-0.4, -0.2) is 0 Å². The number of allylic oxidation sites excluding steroid dienone is 1. The van der Waals surface area contributed by atoms with E-state index in [2.05, 4.69) is 45.5 Å². The van der Waals surface area contributed by atoms with Crippen molar-refractivity contribution in [2.45, 2.75) is 33.1 Å². The van der Waals surface area contributed by atoms with Crippen molar-refractivity contribution >= 4 is 0 Å². The highest BCUT2D eigenvalue weighted by molar-refractivity contribution is 5.30. The summed E-state index contributed by atoms with van der Waals surface area (Å²) in [5.41, 5.74) is 4.13. The fourth-order valence-electron chi connectivity index (χ4n) is 1.68. The van der Waals surface area contributed by atoms with Gasteiger partial charge in [-0.2, -0.15) is 0 Å². The average Bonchev–Trinajstić information content (AvgIpc) is 2.03. The Balaban J connectivity index is 2.93. The second kappa shape index (κ2) is 4.27. The van der Waals surface area contributed by atoms with Gasteiger partial charge in [-0.25, -0.2) is 0 Å². The summed E-state index contributed by atoms with van der Waals surface area (Å²) in [6.07, 6.45) is 3.05. The fourth-order valence-corrected chi connectivity index (χ4v) is 1.68. The van der Waals surface area contributed by atoms with Gasteiger partial charge in [0.15, 0.2) is 0 Å². The summed E-state index contributed by atoms with van der Waals surface area (Å²) in [4.78, 5) is 0. The van der Waals surface area contributed by atoms with E-state index in [0.717, 1.165) is 6.42 Å². The van der Waals surface area contributed by atoms with E-state index >= 15 is 0 Å². The number of hydrogen-bond acceptors (Lipinski definition) is 0. The minimum absolute atomic E-state index is 0.594. The summed E-state index contributed by atoms with van der Waals surface area (Å²) in [6, 6.07) is 6.74. The van der Waals surface area contributed by atoms with Crippen molar-refractivity contribution in [3.8, 4) is 0 Å². The summed E-state index contributed by atoms with van der Waals surface area (Å²) >= 11 is 0. The van der Waals surface area contributed by atoms with Gasteiger partial charge in [-0.15, -0.1) is 6.58 Å². The van der Waals surface area contributed by atoms with Gasteiger partial charge in [0.1, 0.15) is 0 Å². The Morgan fingerprint density at radius 2 is 1.77 bits per heavy atom. The number of aryl methyl sites for hydroxylation is 2. The van der Waals surface area contributed by atoms with Crippen LogP contribution in [0.4, 0.5) is 0 Å². The second-order valence-corrected chi connectivity index (χ2v) is 3.85. The molecule has 0 aromatic heterocycles. The molecule has 1 aromatic carbocycles. The van der Waals surface area contributed by atoms with Gasteiger partial charge < -0.3 is 0 Å². The predicted octanol–water partition coefficient (Wildman–Crippen LogP) is 3.98. The maximum atomic E-state index is 3.77. The molecule has 0 radical (unpaired) electrons. The highest BCUT2D eigenvalue weighted by Gasteiger charge is 2.03. The van der Waals surface area contributed by atoms with E-state index in [1.807, 2.05) is 6.08 Å². The lowest BCUT2D eigenvalue weighted by molar-refractivity contribution is 0.779. The molecule has 0 saturated heterocycles. The van der Waals surface area contributed by atoms with Crippen molar-refractivity contribution in [3.63, 3.8) is 0 Å². The summed E-state index contributed by atoms with van der Waals surface area (Å²) < 4.78 is 0. The quantitative estimate of drug-likeness (QED) is 0.608. The monoisotopic (exact) mass is 174 g/mol. The Kier molecular flexibility index (Phi) is 3.30. The minimum Gasteiger partial charge on any atom is -0.103 e. The van der Waals surface area contributed by atoms with Crippen LogP contribution in [0, 0.1) is 13.8 Å². The molecule has 0 heteroatoms. The molecule has 0 saturated carbocycles. The van der Waals surface area contributed by atoms with Crippen LogP contribution in [0.1, 0.15) is 36.0 Å². The van der Waals surface area contributed by atoms with Crippen molar-refractivity contribution < 1.29 is 0 Å². The van der Waals surface area contributed by atoms with E-state index in [-0.39, 0.29) is 0 Å². The third-order valence-corrected chi connectivity index (χ3v) is 2.33. The SMILES string of the molecule is C=CCC(C)c1cc(C)cc(C)c1. The van der Waals surface area contributed by atoms with E-state index in [1.165, 1.54) is 16.7 Å². The molecule has 0 amide bonds. The average molecular weight is 174 g/mol. The topological polar surface area (TPSA) is 0 Å². The minimum atomic E-state index is 0.594. The molecule has 70 valence electrons. The Labute approximate surface area is 81.3 Å². The first-order valence-corrected chi connectivity index (χ1v) is 4.82. The molecular formula is C13H18. The van der Waals surface area contributed by atoms with Gasteiger partial charge in [0.25, 0.3) is 0 Å². The van der Waals surface area contributed by atoms with Crippen molar-refractivity contribution in [1.29, 1.82) is 0 Å². The zero-order valence-electron chi connectivity index (χ0n) is 8.80. The van der Waals surface area contributed by atoms with Crippen LogP contribution in [0.15, 0.2) is 30.9 Å². The molecule has 1 unspecified atom stereocenters. The largest absolute Gasteiger partial charge is 0.103 e. The van der Waals surface area contributed by atoms with Crippen LogP contribution in [0.3, 0.4) is 0 Å². The standard InChI is InChI=1S/C13H18/c1-5-6-12(4)13-8-10(2)7-11(3)9-13/h5,7-9,12H,1,6H2,2-4H3. The molecule has 1 atom stereocenters. The summed E-state index contributed by atoms with van der Waals surface area (Å²) in [6.45, 7) is 10.3.